The maximum Gasteiger partial charge on any atom is 0.343 e. The average Bonchev–Trinajstić information content (AvgIpc) is 2.88. The van der Waals surface area contributed by atoms with Crippen molar-refractivity contribution in [1.29, 1.82) is 0 Å². The molecule has 0 aliphatic rings. The molecule has 2 nitrogen and oxygen atoms in total. The molecule has 0 aliphatic heterocycles. The van der Waals surface area contributed by atoms with Gasteiger partial charge in [0.05, 0.1) is 10.8 Å². The summed E-state index contributed by atoms with van der Waals surface area (Å²) in [6.45, 7) is 9.00. The van der Waals surface area contributed by atoms with Gasteiger partial charge in [-0.05, 0) is 77.3 Å². The van der Waals surface area contributed by atoms with E-state index in [9.17, 15) is 4.79 Å². The van der Waals surface area contributed by atoms with Crippen LogP contribution in [-0.4, -0.2) is 5.97 Å². The number of benzene rings is 4. The highest BCUT2D eigenvalue weighted by atomic mass is 32.2. The molecule has 37 heavy (non-hydrogen) atoms. The molecule has 0 saturated heterocycles. The standard InChI is InChI=1S/C34H36O2S/c1-24(2)21-26-13-17-28(18-14-26)33(29-19-15-27(16-20-29)22-25(3)4)37-32-12-8-9-30(23-32)34(35)36-31-10-6-5-7-11-31/h5-20,23-25,33H,21-22H2,1-4H3. The van der Waals surface area contributed by atoms with E-state index in [1.54, 1.807) is 23.9 Å². The Kier molecular flexibility index (Phi) is 9.24. The number of hydrogen-bond acceptors (Lipinski definition) is 3. The van der Waals surface area contributed by atoms with Gasteiger partial charge < -0.3 is 4.74 Å². The summed E-state index contributed by atoms with van der Waals surface area (Å²) in [6, 6.07) is 35.0. The molecule has 0 heterocycles. The predicted octanol–water partition coefficient (Wildman–Crippen LogP) is 9.18. The Hall–Kier alpha value is -3.30. The lowest BCUT2D eigenvalue weighted by Gasteiger charge is -2.19. The quantitative estimate of drug-likeness (QED) is 0.121. The molecular formula is C34H36O2S. The number of para-hydroxylation sites is 1. The Balaban J connectivity index is 1.60. The SMILES string of the molecule is CC(C)Cc1ccc(C(Sc2cccc(C(=O)Oc3ccccc3)c2)c2ccc(CC(C)C)cc2)cc1. The summed E-state index contributed by atoms with van der Waals surface area (Å²) in [5, 5.41) is 0.113. The van der Waals surface area contributed by atoms with E-state index in [1.807, 2.05) is 36.4 Å². The molecule has 190 valence electrons. The van der Waals surface area contributed by atoms with E-state index in [1.165, 1.54) is 22.3 Å². The Morgan fingerprint density at radius 2 is 1.22 bits per heavy atom. The smallest absolute Gasteiger partial charge is 0.343 e. The highest BCUT2D eigenvalue weighted by molar-refractivity contribution is 7.99. The summed E-state index contributed by atoms with van der Waals surface area (Å²) < 4.78 is 5.57. The van der Waals surface area contributed by atoms with E-state index < -0.39 is 0 Å². The van der Waals surface area contributed by atoms with Crippen LogP contribution in [0.1, 0.15) is 65.6 Å². The molecule has 4 aromatic rings. The third-order valence-electron chi connectivity index (χ3n) is 6.13. The molecule has 0 spiro atoms. The largest absolute Gasteiger partial charge is 0.423 e. The topological polar surface area (TPSA) is 26.3 Å². The first-order valence-corrected chi connectivity index (χ1v) is 14.0. The van der Waals surface area contributed by atoms with Crippen molar-refractivity contribution in [3.63, 3.8) is 0 Å². The number of carbonyl (C=O) groups is 1. The molecule has 0 atom stereocenters. The second kappa shape index (κ2) is 12.8. The van der Waals surface area contributed by atoms with Gasteiger partial charge in [-0.15, -0.1) is 11.8 Å². The summed E-state index contributed by atoms with van der Waals surface area (Å²) in [5.41, 5.74) is 5.78. The first kappa shape index (κ1) is 26.8. The van der Waals surface area contributed by atoms with Gasteiger partial charge >= 0.3 is 5.97 Å². The summed E-state index contributed by atoms with van der Waals surface area (Å²) in [4.78, 5) is 13.8. The van der Waals surface area contributed by atoms with Gasteiger partial charge in [-0.1, -0.05) is 100 Å². The fourth-order valence-electron chi connectivity index (χ4n) is 4.42. The summed E-state index contributed by atoms with van der Waals surface area (Å²) in [6.07, 6.45) is 2.15. The monoisotopic (exact) mass is 508 g/mol. The van der Waals surface area contributed by atoms with Gasteiger partial charge in [0.1, 0.15) is 5.75 Å². The number of ether oxygens (including phenoxy) is 1. The number of rotatable bonds is 10. The second-order valence-corrected chi connectivity index (χ2v) is 11.6. The van der Waals surface area contributed by atoms with Crippen LogP contribution >= 0.6 is 11.8 Å². The molecule has 0 amide bonds. The van der Waals surface area contributed by atoms with Crippen LogP contribution in [0.5, 0.6) is 5.75 Å². The number of thioether (sulfide) groups is 1. The second-order valence-electron chi connectivity index (χ2n) is 10.4. The minimum absolute atomic E-state index is 0.113. The zero-order chi connectivity index (χ0) is 26.2. The lowest BCUT2D eigenvalue weighted by Crippen LogP contribution is -2.08. The van der Waals surface area contributed by atoms with Crippen LogP contribution < -0.4 is 4.74 Å². The van der Waals surface area contributed by atoms with Crippen LogP contribution in [0.4, 0.5) is 0 Å². The zero-order valence-corrected chi connectivity index (χ0v) is 23.0. The van der Waals surface area contributed by atoms with E-state index in [2.05, 4.69) is 82.3 Å². The fourth-order valence-corrected chi connectivity index (χ4v) is 5.63. The maximum absolute atomic E-state index is 12.8. The van der Waals surface area contributed by atoms with E-state index in [-0.39, 0.29) is 11.2 Å². The van der Waals surface area contributed by atoms with Crippen molar-refractivity contribution in [2.24, 2.45) is 11.8 Å². The third-order valence-corrected chi connectivity index (χ3v) is 7.44. The first-order valence-electron chi connectivity index (χ1n) is 13.1. The van der Waals surface area contributed by atoms with Gasteiger partial charge in [0.15, 0.2) is 0 Å². The highest BCUT2D eigenvalue weighted by Gasteiger charge is 2.18. The summed E-state index contributed by atoms with van der Waals surface area (Å²) >= 11 is 1.76. The molecule has 0 fully saturated rings. The minimum atomic E-state index is -0.346. The number of hydrogen-bond donors (Lipinski definition) is 0. The van der Waals surface area contributed by atoms with E-state index in [0.717, 1.165) is 17.7 Å². The third kappa shape index (κ3) is 7.84. The Morgan fingerprint density at radius 1 is 0.676 bits per heavy atom. The van der Waals surface area contributed by atoms with Crippen molar-refractivity contribution in [3.8, 4) is 5.75 Å². The minimum Gasteiger partial charge on any atom is -0.423 e. The van der Waals surface area contributed by atoms with E-state index >= 15 is 0 Å². The van der Waals surface area contributed by atoms with Gasteiger partial charge in [-0.25, -0.2) is 4.79 Å². The molecule has 4 aromatic carbocycles. The Morgan fingerprint density at radius 3 is 1.73 bits per heavy atom. The molecule has 0 saturated carbocycles. The molecule has 0 unspecified atom stereocenters. The molecule has 0 radical (unpaired) electrons. The van der Waals surface area contributed by atoms with Crippen molar-refractivity contribution in [2.75, 3.05) is 0 Å². The van der Waals surface area contributed by atoms with E-state index in [4.69, 9.17) is 4.74 Å². The van der Waals surface area contributed by atoms with Crippen molar-refractivity contribution >= 4 is 17.7 Å². The van der Waals surface area contributed by atoms with Gasteiger partial charge in [-0.2, -0.15) is 0 Å². The van der Waals surface area contributed by atoms with Crippen molar-refractivity contribution in [1.82, 2.24) is 0 Å². The normalized spacial score (nSPS) is 11.3. The molecular weight excluding hydrogens is 472 g/mol. The van der Waals surface area contributed by atoms with Crippen LogP contribution in [0.2, 0.25) is 0 Å². The Bertz CT molecular complexity index is 1220. The van der Waals surface area contributed by atoms with Crippen LogP contribution in [0.3, 0.4) is 0 Å². The molecule has 0 N–H and O–H groups in total. The summed E-state index contributed by atoms with van der Waals surface area (Å²) in [5.74, 6) is 1.46. The van der Waals surface area contributed by atoms with Crippen LogP contribution in [0.15, 0.2) is 108 Å². The van der Waals surface area contributed by atoms with Crippen LogP contribution in [0, 0.1) is 11.8 Å². The van der Waals surface area contributed by atoms with Gasteiger partial charge in [0.25, 0.3) is 0 Å². The maximum atomic E-state index is 12.8. The molecule has 3 heteroatoms. The molecule has 0 bridgehead atoms. The highest BCUT2D eigenvalue weighted by Crippen LogP contribution is 2.41. The van der Waals surface area contributed by atoms with Crippen LogP contribution in [0.25, 0.3) is 0 Å². The first-order chi connectivity index (χ1) is 17.9. The molecule has 0 aliphatic carbocycles. The average molecular weight is 509 g/mol. The zero-order valence-electron chi connectivity index (χ0n) is 22.2. The lowest BCUT2D eigenvalue weighted by molar-refractivity contribution is 0.0734. The number of esters is 1. The predicted molar refractivity (Wildman–Crippen MR) is 156 cm³/mol. The van der Waals surface area contributed by atoms with Gasteiger partial charge in [0, 0.05) is 4.90 Å². The molecule has 0 aromatic heterocycles. The van der Waals surface area contributed by atoms with E-state index in [0.29, 0.717) is 23.1 Å². The summed E-state index contributed by atoms with van der Waals surface area (Å²) in [7, 11) is 0. The Labute approximate surface area is 226 Å². The number of carbonyl (C=O) groups excluding carboxylic acids is 1. The van der Waals surface area contributed by atoms with Crippen molar-refractivity contribution < 1.29 is 9.53 Å². The van der Waals surface area contributed by atoms with Gasteiger partial charge in [0.2, 0.25) is 0 Å². The fraction of sp³-hybridized carbons (Fsp3) is 0.265. The lowest BCUT2D eigenvalue weighted by atomic mass is 9.97. The van der Waals surface area contributed by atoms with Crippen molar-refractivity contribution in [3.05, 3.63) is 131 Å². The van der Waals surface area contributed by atoms with Crippen molar-refractivity contribution in [2.45, 2.75) is 50.7 Å². The van der Waals surface area contributed by atoms with Crippen LogP contribution in [-0.2, 0) is 12.8 Å². The van der Waals surface area contributed by atoms with Gasteiger partial charge in [-0.3, -0.25) is 0 Å². The molecule has 4 rings (SSSR count).